The molecule has 0 bridgehead atoms. The first-order valence-electron chi connectivity index (χ1n) is 11.4. The van der Waals surface area contributed by atoms with Crippen LogP contribution in [0.5, 0.6) is 0 Å². The second kappa shape index (κ2) is 11.3. The molecule has 3 atom stereocenters. The van der Waals surface area contributed by atoms with Gasteiger partial charge in [0.15, 0.2) is 0 Å². The molecule has 196 valence electrons. The van der Waals surface area contributed by atoms with Gasteiger partial charge >= 0.3 is 6.18 Å². The number of carbonyl (C=O) groups is 5. The van der Waals surface area contributed by atoms with Crippen LogP contribution in [0.15, 0.2) is 18.2 Å². The van der Waals surface area contributed by atoms with E-state index in [0.717, 1.165) is 12.8 Å². The van der Waals surface area contributed by atoms with E-state index in [1.54, 1.807) is 6.92 Å². The molecule has 4 N–H and O–H groups in total. The third kappa shape index (κ3) is 7.94. The second-order valence-corrected chi connectivity index (χ2v) is 9.51. The molecule has 1 heterocycles. The predicted molar refractivity (Wildman–Crippen MR) is 123 cm³/mol. The van der Waals surface area contributed by atoms with Crippen molar-refractivity contribution in [3.8, 4) is 0 Å². The number of halogens is 4. The van der Waals surface area contributed by atoms with Gasteiger partial charge in [-0.05, 0) is 50.8 Å². The highest BCUT2D eigenvalue weighted by atomic mass is 35.5. The molecule has 13 heteroatoms. The second-order valence-electron chi connectivity index (χ2n) is 9.07. The summed E-state index contributed by atoms with van der Waals surface area (Å²) in [6, 6.07) is 2.13. The van der Waals surface area contributed by atoms with E-state index in [1.165, 1.54) is 18.2 Å². The quantitative estimate of drug-likeness (QED) is 0.345. The van der Waals surface area contributed by atoms with Gasteiger partial charge in [-0.25, -0.2) is 0 Å². The van der Waals surface area contributed by atoms with E-state index in [4.69, 9.17) is 11.6 Å². The van der Waals surface area contributed by atoms with E-state index < -0.39 is 54.5 Å². The Morgan fingerprint density at radius 2 is 1.89 bits per heavy atom. The largest absolute Gasteiger partial charge is 0.389 e. The molecule has 0 unspecified atom stereocenters. The van der Waals surface area contributed by atoms with E-state index in [9.17, 15) is 37.1 Å². The van der Waals surface area contributed by atoms with Crippen LogP contribution in [0, 0.1) is 5.92 Å². The highest BCUT2D eigenvalue weighted by Gasteiger charge is 2.38. The Balaban J connectivity index is 1.78. The standard InChI is InChI=1S/C23H26ClF3N4O5/c1-11-8-12(20(34)28-11)9-17(19(33)22(36)29-14-3-4-14)31-21(35)15-10-13(24)2-5-16(15)30-18(32)6-7-23(25,26)27/h2,5,10-12,14,17H,3-4,6-9H2,1H3,(H,28,34)(H,29,36)(H,30,32)(H,31,35)/t11-,12+,17+/m1/s1. The summed E-state index contributed by atoms with van der Waals surface area (Å²) in [5.41, 5.74) is -0.336. The summed E-state index contributed by atoms with van der Waals surface area (Å²) in [5, 5.41) is 10.1. The fourth-order valence-electron chi connectivity index (χ4n) is 3.83. The summed E-state index contributed by atoms with van der Waals surface area (Å²) in [4.78, 5) is 62.7. The molecular formula is C23H26ClF3N4O5. The molecule has 3 rings (SSSR count). The smallest absolute Gasteiger partial charge is 0.353 e. The minimum absolute atomic E-state index is 0.0896. The summed E-state index contributed by atoms with van der Waals surface area (Å²) in [6.45, 7) is 1.78. The van der Waals surface area contributed by atoms with Crippen molar-refractivity contribution in [2.24, 2.45) is 5.92 Å². The molecule has 2 aliphatic rings. The van der Waals surface area contributed by atoms with Gasteiger partial charge in [-0.3, -0.25) is 24.0 Å². The first-order valence-corrected chi connectivity index (χ1v) is 11.8. The molecule has 2 fully saturated rings. The number of alkyl halides is 3. The summed E-state index contributed by atoms with van der Waals surface area (Å²) >= 11 is 5.98. The number of ketones is 1. The summed E-state index contributed by atoms with van der Waals surface area (Å²) in [7, 11) is 0. The first-order chi connectivity index (χ1) is 16.8. The van der Waals surface area contributed by atoms with Crippen molar-refractivity contribution >= 4 is 46.7 Å². The lowest BCUT2D eigenvalue weighted by Crippen LogP contribution is -2.49. The van der Waals surface area contributed by atoms with Crippen LogP contribution in [0.25, 0.3) is 0 Å². The summed E-state index contributed by atoms with van der Waals surface area (Å²) < 4.78 is 37.3. The maximum atomic E-state index is 13.1. The molecular weight excluding hydrogens is 505 g/mol. The van der Waals surface area contributed by atoms with Crippen LogP contribution in [0.2, 0.25) is 5.02 Å². The summed E-state index contributed by atoms with van der Waals surface area (Å²) in [5.74, 6) is -4.62. The van der Waals surface area contributed by atoms with Crippen molar-refractivity contribution in [3.63, 3.8) is 0 Å². The predicted octanol–water partition coefficient (Wildman–Crippen LogP) is 2.48. The van der Waals surface area contributed by atoms with Crippen molar-refractivity contribution in [2.45, 2.75) is 69.8 Å². The number of benzene rings is 1. The molecule has 9 nitrogen and oxygen atoms in total. The zero-order valence-corrected chi connectivity index (χ0v) is 20.1. The summed E-state index contributed by atoms with van der Waals surface area (Å²) in [6.07, 6.45) is -4.99. The average Bonchev–Trinajstić information content (AvgIpc) is 3.54. The number of anilines is 1. The lowest BCUT2D eigenvalue weighted by molar-refractivity contribution is -0.142. The highest BCUT2D eigenvalue weighted by molar-refractivity contribution is 6.38. The van der Waals surface area contributed by atoms with Crippen LogP contribution in [0.1, 0.15) is 55.8 Å². The maximum Gasteiger partial charge on any atom is 0.389 e. The lowest BCUT2D eigenvalue weighted by Gasteiger charge is -2.21. The van der Waals surface area contributed by atoms with Gasteiger partial charge in [0, 0.05) is 29.4 Å². The number of carbonyl (C=O) groups excluding carboxylic acids is 5. The van der Waals surface area contributed by atoms with Crippen LogP contribution in [0.4, 0.5) is 18.9 Å². The molecule has 1 saturated carbocycles. The monoisotopic (exact) mass is 530 g/mol. The van der Waals surface area contributed by atoms with Gasteiger partial charge in [0.05, 0.1) is 23.7 Å². The molecule has 4 amide bonds. The number of hydrogen-bond donors (Lipinski definition) is 4. The van der Waals surface area contributed by atoms with Gasteiger partial charge in [-0.1, -0.05) is 11.6 Å². The van der Waals surface area contributed by atoms with E-state index in [2.05, 4.69) is 21.3 Å². The fourth-order valence-corrected chi connectivity index (χ4v) is 4.00. The number of amides is 4. The van der Waals surface area contributed by atoms with Gasteiger partial charge < -0.3 is 21.3 Å². The number of Topliss-reactive ketones (excluding diaryl/α,β-unsaturated/α-hetero) is 1. The van der Waals surface area contributed by atoms with Crippen LogP contribution in [0.3, 0.4) is 0 Å². The van der Waals surface area contributed by atoms with E-state index in [-0.39, 0.29) is 40.7 Å². The molecule has 0 spiro atoms. The number of rotatable bonds is 10. The SMILES string of the molecule is C[C@@H]1C[C@@H](C[C@H](NC(=O)c2cc(Cl)ccc2NC(=O)CCC(F)(F)F)C(=O)C(=O)NC2CC2)C(=O)N1. The average molecular weight is 531 g/mol. The molecule has 1 aromatic rings. The Bertz CT molecular complexity index is 1060. The van der Waals surface area contributed by atoms with Crippen LogP contribution >= 0.6 is 11.6 Å². The van der Waals surface area contributed by atoms with Gasteiger partial charge in [-0.2, -0.15) is 13.2 Å². The van der Waals surface area contributed by atoms with Crippen molar-refractivity contribution in [2.75, 3.05) is 5.32 Å². The van der Waals surface area contributed by atoms with Gasteiger partial charge in [-0.15, -0.1) is 0 Å². The van der Waals surface area contributed by atoms with Crippen LogP contribution < -0.4 is 21.3 Å². The van der Waals surface area contributed by atoms with E-state index >= 15 is 0 Å². The van der Waals surface area contributed by atoms with Crippen molar-refractivity contribution in [3.05, 3.63) is 28.8 Å². The highest BCUT2D eigenvalue weighted by Crippen LogP contribution is 2.26. The molecule has 1 aliphatic heterocycles. The molecule has 1 saturated heterocycles. The third-order valence-corrected chi connectivity index (χ3v) is 6.05. The van der Waals surface area contributed by atoms with E-state index in [0.29, 0.717) is 6.42 Å². The van der Waals surface area contributed by atoms with E-state index in [1.807, 2.05) is 0 Å². The maximum absolute atomic E-state index is 13.1. The molecule has 36 heavy (non-hydrogen) atoms. The van der Waals surface area contributed by atoms with Gasteiger partial charge in [0.25, 0.3) is 11.8 Å². The normalized spacial score (nSPS) is 20.3. The van der Waals surface area contributed by atoms with Gasteiger partial charge in [0.2, 0.25) is 17.6 Å². The van der Waals surface area contributed by atoms with Crippen LogP contribution in [-0.4, -0.2) is 53.7 Å². The topological polar surface area (TPSA) is 133 Å². The molecule has 1 aromatic carbocycles. The van der Waals surface area contributed by atoms with Crippen LogP contribution in [-0.2, 0) is 19.2 Å². The Morgan fingerprint density at radius 1 is 1.19 bits per heavy atom. The first kappa shape index (κ1) is 27.4. The molecule has 0 aromatic heterocycles. The number of hydrogen-bond acceptors (Lipinski definition) is 5. The third-order valence-electron chi connectivity index (χ3n) is 5.81. The molecule has 0 radical (unpaired) electrons. The number of nitrogens with one attached hydrogen (secondary N) is 4. The minimum Gasteiger partial charge on any atom is -0.353 e. The lowest BCUT2D eigenvalue weighted by atomic mass is 9.93. The van der Waals surface area contributed by atoms with Crippen molar-refractivity contribution in [1.82, 2.24) is 16.0 Å². The van der Waals surface area contributed by atoms with Gasteiger partial charge in [0.1, 0.15) is 0 Å². The Hall–Kier alpha value is -3.15. The van der Waals surface area contributed by atoms with Crippen molar-refractivity contribution < 1.29 is 37.1 Å². The zero-order valence-electron chi connectivity index (χ0n) is 19.3. The molecule has 1 aliphatic carbocycles. The fraction of sp³-hybridized carbons (Fsp3) is 0.522. The Morgan fingerprint density at radius 3 is 2.47 bits per heavy atom. The zero-order chi connectivity index (χ0) is 26.6. The Kier molecular flexibility index (Phi) is 8.59. The minimum atomic E-state index is -4.53. The van der Waals surface area contributed by atoms with Crippen molar-refractivity contribution in [1.29, 1.82) is 0 Å². The Labute approximate surface area is 209 Å².